The number of rotatable bonds is 5. The van der Waals surface area contributed by atoms with Gasteiger partial charge >= 0.3 is 0 Å². The van der Waals surface area contributed by atoms with Gasteiger partial charge in [0.25, 0.3) is 0 Å². The van der Waals surface area contributed by atoms with Gasteiger partial charge in [-0.1, -0.05) is 0 Å². The van der Waals surface area contributed by atoms with Crippen LogP contribution in [0.25, 0.3) is 0 Å². The third-order valence-electron chi connectivity index (χ3n) is 4.92. The molecule has 0 bridgehead atoms. The second-order valence-corrected chi connectivity index (χ2v) is 6.23. The summed E-state index contributed by atoms with van der Waals surface area (Å²) in [5, 5.41) is 0. The highest BCUT2D eigenvalue weighted by molar-refractivity contribution is 5.76. The van der Waals surface area contributed by atoms with E-state index < -0.39 is 0 Å². The molecule has 0 radical (unpaired) electrons. The third kappa shape index (κ3) is 3.17. The number of nitrogens with zero attached hydrogens (tertiary/aromatic N) is 3. The molecule has 0 unspecified atom stereocenters. The summed E-state index contributed by atoms with van der Waals surface area (Å²) in [6, 6.07) is 0. The average molecular weight is 307 g/mol. The predicted octanol–water partition coefficient (Wildman–Crippen LogP) is 1.46. The van der Waals surface area contributed by atoms with Crippen molar-refractivity contribution in [1.82, 2.24) is 14.5 Å². The fraction of sp³-hybridized carbons (Fsp3) is 0.750. The summed E-state index contributed by atoms with van der Waals surface area (Å²) in [7, 11) is 1.72. The summed E-state index contributed by atoms with van der Waals surface area (Å²) < 4.78 is 13.6. The van der Waals surface area contributed by atoms with E-state index in [1.54, 1.807) is 19.6 Å². The summed E-state index contributed by atoms with van der Waals surface area (Å²) in [4.78, 5) is 18.3. The normalized spacial score (nSPS) is 28.4. The Hall–Kier alpha value is -1.40. The van der Waals surface area contributed by atoms with Gasteiger partial charge in [0.05, 0.1) is 11.9 Å². The average Bonchev–Trinajstić information content (AvgIpc) is 3.20. The first-order chi connectivity index (χ1) is 10.7. The van der Waals surface area contributed by atoms with Crippen LogP contribution in [0.15, 0.2) is 18.7 Å². The van der Waals surface area contributed by atoms with Crippen LogP contribution in [0, 0.1) is 0 Å². The van der Waals surface area contributed by atoms with Gasteiger partial charge in [0.1, 0.15) is 6.10 Å². The maximum atomic E-state index is 12.4. The maximum Gasteiger partial charge on any atom is 0.222 e. The van der Waals surface area contributed by atoms with Gasteiger partial charge in [0.2, 0.25) is 5.91 Å². The van der Waals surface area contributed by atoms with E-state index in [0.717, 1.165) is 45.4 Å². The van der Waals surface area contributed by atoms with Crippen LogP contribution in [0.2, 0.25) is 0 Å². The molecule has 22 heavy (non-hydrogen) atoms. The molecule has 2 atom stereocenters. The van der Waals surface area contributed by atoms with Crippen molar-refractivity contribution >= 4 is 5.91 Å². The van der Waals surface area contributed by atoms with Gasteiger partial charge in [-0.05, 0) is 25.7 Å². The van der Waals surface area contributed by atoms with E-state index in [1.807, 2.05) is 15.7 Å². The van der Waals surface area contributed by atoms with Crippen LogP contribution in [-0.2, 0) is 20.8 Å². The summed E-state index contributed by atoms with van der Waals surface area (Å²) in [5.41, 5.74) is -0.150. The van der Waals surface area contributed by atoms with Crippen LogP contribution in [0.3, 0.4) is 0 Å². The Labute approximate surface area is 131 Å². The molecule has 1 spiro atoms. The van der Waals surface area contributed by atoms with Crippen molar-refractivity contribution in [2.75, 3.05) is 26.8 Å². The second-order valence-electron chi connectivity index (χ2n) is 6.23. The molecule has 3 rings (SSSR count). The molecule has 2 saturated heterocycles. The lowest BCUT2D eigenvalue weighted by atomic mass is 9.85. The van der Waals surface area contributed by atoms with Crippen molar-refractivity contribution in [2.45, 2.75) is 50.4 Å². The van der Waals surface area contributed by atoms with Crippen molar-refractivity contribution in [3.63, 3.8) is 0 Å². The van der Waals surface area contributed by atoms with Gasteiger partial charge in [-0.25, -0.2) is 4.98 Å². The molecule has 0 N–H and O–H groups in total. The minimum Gasteiger partial charge on any atom is -0.377 e. The number of amides is 1. The lowest BCUT2D eigenvalue weighted by Gasteiger charge is -2.44. The van der Waals surface area contributed by atoms with Gasteiger partial charge < -0.3 is 18.9 Å². The molecule has 1 aromatic rings. The predicted molar refractivity (Wildman–Crippen MR) is 81.4 cm³/mol. The van der Waals surface area contributed by atoms with Crippen molar-refractivity contribution in [2.24, 2.45) is 0 Å². The third-order valence-corrected chi connectivity index (χ3v) is 4.92. The fourth-order valence-corrected chi connectivity index (χ4v) is 3.62. The Morgan fingerprint density at radius 1 is 1.50 bits per heavy atom. The monoisotopic (exact) mass is 307 g/mol. The van der Waals surface area contributed by atoms with E-state index in [9.17, 15) is 4.79 Å². The molecule has 2 aliphatic rings. The molecular weight excluding hydrogens is 282 g/mol. The number of hydrogen-bond donors (Lipinski definition) is 0. The topological polar surface area (TPSA) is 56.6 Å². The quantitative estimate of drug-likeness (QED) is 0.826. The molecular formula is C16H25N3O3. The Balaban J connectivity index is 1.49. The number of imidazole rings is 1. The Morgan fingerprint density at radius 2 is 2.41 bits per heavy atom. The maximum absolute atomic E-state index is 12.4. The molecule has 1 amide bonds. The standard InChI is InChI=1S/C16H25N3O3/c1-21-14-12-19(9-6-16(14)5-3-11-22-16)15(20)4-2-8-18-10-7-17-13-18/h7,10,13-14H,2-6,8-9,11-12H2,1H3/t14-,16-/m0/s1. The van der Waals surface area contributed by atoms with Crippen molar-refractivity contribution in [3.05, 3.63) is 18.7 Å². The van der Waals surface area contributed by atoms with Crippen molar-refractivity contribution in [3.8, 4) is 0 Å². The molecule has 0 saturated carbocycles. The van der Waals surface area contributed by atoms with E-state index >= 15 is 0 Å². The minimum absolute atomic E-state index is 0.00125. The molecule has 0 aliphatic carbocycles. The van der Waals surface area contributed by atoms with Crippen LogP contribution in [0.4, 0.5) is 0 Å². The van der Waals surface area contributed by atoms with E-state index in [1.165, 1.54) is 0 Å². The molecule has 3 heterocycles. The molecule has 0 aromatic carbocycles. The lowest BCUT2D eigenvalue weighted by Crippen LogP contribution is -2.57. The highest BCUT2D eigenvalue weighted by Gasteiger charge is 2.47. The van der Waals surface area contributed by atoms with E-state index in [0.29, 0.717) is 13.0 Å². The van der Waals surface area contributed by atoms with Gasteiger partial charge in [-0.2, -0.15) is 0 Å². The van der Waals surface area contributed by atoms with Crippen molar-refractivity contribution < 1.29 is 14.3 Å². The number of piperidine rings is 1. The Bertz CT molecular complexity index is 483. The zero-order chi connectivity index (χ0) is 15.4. The molecule has 6 nitrogen and oxygen atoms in total. The number of aromatic nitrogens is 2. The van der Waals surface area contributed by atoms with Gasteiger partial charge in [-0.3, -0.25) is 4.79 Å². The van der Waals surface area contributed by atoms with E-state index in [4.69, 9.17) is 9.47 Å². The highest BCUT2D eigenvalue weighted by Crippen LogP contribution is 2.37. The highest BCUT2D eigenvalue weighted by atomic mass is 16.5. The van der Waals surface area contributed by atoms with E-state index in [-0.39, 0.29) is 17.6 Å². The molecule has 2 fully saturated rings. The number of likely N-dealkylation sites (tertiary alicyclic amines) is 1. The lowest BCUT2D eigenvalue weighted by molar-refractivity contribution is -0.158. The molecule has 6 heteroatoms. The van der Waals surface area contributed by atoms with Gasteiger partial charge in [0.15, 0.2) is 0 Å². The van der Waals surface area contributed by atoms with Gasteiger partial charge in [0, 0.05) is 52.2 Å². The van der Waals surface area contributed by atoms with Crippen LogP contribution < -0.4 is 0 Å². The second kappa shape index (κ2) is 6.79. The Kier molecular flexibility index (Phi) is 4.78. The van der Waals surface area contributed by atoms with Crippen LogP contribution in [-0.4, -0.2) is 58.9 Å². The first-order valence-electron chi connectivity index (χ1n) is 8.14. The first-order valence-corrected chi connectivity index (χ1v) is 8.14. The Morgan fingerprint density at radius 3 is 3.09 bits per heavy atom. The summed E-state index contributed by atoms with van der Waals surface area (Å²) in [6.07, 6.45) is 9.91. The zero-order valence-electron chi connectivity index (χ0n) is 13.2. The minimum atomic E-state index is -0.150. The number of carbonyl (C=O) groups excluding carboxylic acids is 1. The number of aryl methyl sites for hydroxylation is 1. The molecule has 122 valence electrons. The van der Waals surface area contributed by atoms with Crippen LogP contribution >= 0.6 is 0 Å². The van der Waals surface area contributed by atoms with Crippen molar-refractivity contribution in [1.29, 1.82) is 0 Å². The molecule has 1 aromatic heterocycles. The SMILES string of the molecule is CO[C@H]1CN(C(=O)CCCn2ccnc2)CC[C@@]12CCCO2. The number of hydrogen-bond acceptors (Lipinski definition) is 4. The zero-order valence-corrected chi connectivity index (χ0v) is 13.2. The largest absolute Gasteiger partial charge is 0.377 e. The molecule has 2 aliphatic heterocycles. The van der Waals surface area contributed by atoms with Crippen LogP contribution in [0.5, 0.6) is 0 Å². The smallest absolute Gasteiger partial charge is 0.222 e. The fourth-order valence-electron chi connectivity index (χ4n) is 3.62. The van der Waals surface area contributed by atoms with E-state index in [2.05, 4.69) is 4.98 Å². The first kappa shape index (κ1) is 15.5. The number of methoxy groups -OCH3 is 1. The summed E-state index contributed by atoms with van der Waals surface area (Å²) in [6.45, 7) is 3.09. The number of ether oxygens (including phenoxy) is 2. The van der Waals surface area contributed by atoms with Gasteiger partial charge in [-0.15, -0.1) is 0 Å². The van der Waals surface area contributed by atoms with Crippen LogP contribution in [0.1, 0.15) is 32.1 Å². The summed E-state index contributed by atoms with van der Waals surface area (Å²) in [5.74, 6) is 0.218. The number of carbonyl (C=O) groups is 1. The summed E-state index contributed by atoms with van der Waals surface area (Å²) >= 11 is 0.